The zero-order valence-electron chi connectivity index (χ0n) is 10.6. The number of amides is 1. The van der Waals surface area contributed by atoms with Crippen molar-refractivity contribution >= 4 is 28.8 Å². The average molecular weight is 287 g/mol. The highest BCUT2D eigenvalue weighted by atomic mass is 35.5. The SMILES string of the molecule is C=CCN(Cc1ccc(Cl)s1)C(=O)CCCNC. The maximum Gasteiger partial charge on any atom is 0.223 e. The van der Waals surface area contributed by atoms with Crippen LogP contribution in [0.5, 0.6) is 0 Å². The van der Waals surface area contributed by atoms with E-state index in [1.165, 1.54) is 11.3 Å². The topological polar surface area (TPSA) is 32.3 Å². The molecule has 0 saturated heterocycles. The summed E-state index contributed by atoms with van der Waals surface area (Å²) < 4.78 is 0.756. The van der Waals surface area contributed by atoms with Crippen LogP contribution < -0.4 is 5.32 Å². The summed E-state index contributed by atoms with van der Waals surface area (Å²) in [6.45, 7) is 5.75. The number of thiophene rings is 1. The Morgan fingerprint density at radius 3 is 2.94 bits per heavy atom. The van der Waals surface area contributed by atoms with Gasteiger partial charge in [-0.1, -0.05) is 17.7 Å². The summed E-state index contributed by atoms with van der Waals surface area (Å²) in [6, 6.07) is 3.82. The molecule has 0 unspecified atom stereocenters. The minimum atomic E-state index is 0.162. The lowest BCUT2D eigenvalue weighted by atomic mass is 10.2. The zero-order chi connectivity index (χ0) is 13.4. The molecule has 100 valence electrons. The van der Waals surface area contributed by atoms with Crippen molar-refractivity contribution in [3.8, 4) is 0 Å². The van der Waals surface area contributed by atoms with Crippen molar-refractivity contribution in [3.05, 3.63) is 34.0 Å². The molecule has 0 aliphatic carbocycles. The predicted octanol–water partition coefficient (Wildman–Crippen LogP) is 2.92. The molecule has 0 aliphatic heterocycles. The van der Waals surface area contributed by atoms with Gasteiger partial charge in [-0.3, -0.25) is 4.79 Å². The van der Waals surface area contributed by atoms with E-state index in [0.29, 0.717) is 19.5 Å². The number of rotatable bonds is 8. The Bertz CT molecular complexity index is 392. The third-order valence-electron chi connectivity index (χ3n) is 2.50. The number of hydrogen-bond donors (Lipinski definition) is 1. The molecule has 0 aromatic carbocycles. The van der Waals surface area contributed by atoms with Crippen molar-refractivity contribution in [1.29, 1.82) is 0 Å². The van der Waals surface area contributed by atoms with Crippen molar-refractivity contribution in [1.82, 2.24) is 10.2 Å². The molecule has 0 atom stereocenters. The third-order valence-corrected chi connectivity index (χ3v) is 3.71. The lowest BCUT2D eigenvalue weighted by Gasteiger charge is -2.20. The summed E-state index contributed by atoms with van der Waals surface area (Å²) in [5, 5.41) is 3.04. The van der Waals surface area contributed by atoms with Gasteiger partial charge in [0.05, 0.1) is 10.9 Å². The van der Waals surface area contributed by atoms with Gasteiger partial charge in [0.2, 0.25) is 5.91 Å². The Morgan fingerprint density at radius 2 is 2.39 bits per heavy atom. The number of hydrogen-bond acceptors (Lipinski definition) is 3. The summed E-state index contributed by atoms with van der Waals surface area (Å²) in [5.41, 5.74) is 0. The van der Waals surface area contributed by atoms with E-state index in [-0.39, 0.29) is 5.91 Å². The molecule has 0 bridgehead atoms. The van der Waals surface area contributed by atoms with Crippen LogP contribution in [0.25, 0.3) is 0 Å². The first-order chi connectivity index (χ1) is 8.67. The molecule has 1 amide bonds. The van der Waals surface area contributed by atoms with Crippen LogP contribution in [0.2, 0.25) is 4.34 Å². The first-order valence-corrected chi connectivity index (χ1v) is 7.14. The van der Waals surface area contributed by atoms with Crippen LogP contribution >= 0.6 is 22.9 Å². The minimum absolute atomic E-state index is 0.162. The summed E-state index contributed by atoms with van der Waals surface area (Å²) in [6.07, 6.45) is 3.17. The van der Waals surface area contributed by atoms with E-state index < -0.39 is 0 Å². The quantitative estimate of drug-likeness (QED) is 0.589. The van der Waals surface area contributed by atoms with E-state index in [1.807, 2.05) is 24.1 Å². The average Bonchev–Trinajstić information content (AvgIpc) is 2.74. The van der Waals surface area contributed by atoms with Crippen LogP contribution in [-0.4, -0.2) is 30.9 Å². The fourth-order valence-electron chi connectivity index (χ4n) is 1.61. The van der Waals surface area contributed by atoms with Gasteiger partial charge in [-0.05, 0) is 32.1 Å². The highest BCUT2D eigenvalue weighted by Crippen LogP contribution is 2.22. The van der Waals surface area contributed by atoms with Gasteiger partial charge < -0.3 is 10.2 Å². The van der Waals surface area contributed by atoms with Gasteiger partial charge in [0, 0.05) is 17.8 Å². The predicted molar refractivity (Wildman–Crippen MR) is 78.1 cm³/mol. The maximum atomic E-state index is 12.0. The van der Waals surface area contributed by atoms with Gasteiger partial charge in [-0.25, -0.2) is 0 Å². The molecule has 18 heavy (non-hydrogen) atoms. The van der Waals surface area contributed by atoms with Crippen LogP contribution in [0.4, 0.5) is 0 Å². The monoisotopic (exact) mass is 286 g/mol. The molecule has 5 heteroatoms. The molecule has 1 N–H and O–H groups in total. The fraction of sp³-hybridized carbons (Fsp3) is 0.462. The molecule has 0 fully saturated rings. The van der Waals surface area contributed by atoms with Gasteiger partial charge in [0.15, 0.2) is 0 Å². The lowest BCUT2D eigenvalue weighted by Crippen LogP contribution is -2.30. The second-order valence-electron chi connectivity index (χ2n) is 3.98. The fourth-order valence-corrected chi connectivity index (χ4v) is 2.71. The van der Waals surface area contributed by atoms with Crippen LogP contribution in [-0.2, 0) is 11.3 Å². The lowest BCUT2D eigenvalue weighted by molar-refractivity contribution is -0.131. The minimum Gasteiger partial charge on any atom is -0.334 e. The van der Waals surface area contributed by atoms with Gasteiger partial charge in [0.1, 0.15) is 0 Å². The molecular formula is C13H19ClN2OS. The van der Waals surface area contributed by atoms with E-state index in [2.05, 4.69) is 11.9 Å². The summed E-state index contributed by atoms with van der Waals surface area (Å²) in [4.78, 5) is 15.0. The number of carbonyl (C=O) groups excluding carboxylic acids is 1. The largest absolute Gasteiger partial charge is 0.334 e. The molecule has 0 aliphatic rings. The number of carbonyl (C=O) groups is 1. The smallest absolute Gasteiger partial charge is 0.223 e. The van der Waals surface area contributed by atoms with Crippen LogP contribution in [0.1, 0.15) is 17.7 Å². The van der Waals surface area contributed by atoms with Crippen LogP contribution in [0.3, 0.4) is 0 Å². The van der Waals surface area contributed by atoms with E-state index in [0.717, 1.165) is 22.2 Å². The van der Waals surface area contributed by atoms with Gasteiger partial charge >= 0.3 is 0 Å². The van der Waals surface area contributed by atoms with Crippen molar-refractivity contribution in [2.75, 3.05) is 20.1 Å². The molecule has 1 heterocycles. The van der Waals surface area contributed by atoms with Crippen LogP contribution in [0.15, 0.2) is 24.8 Å². The van der Waals surface area contributed by atoms with E-state index >= 15 is 0 Å². The molecule has 3 nitrogen and oxygen atoms in total. The molecule has 0 spiro atoms. The standard InChI is InChI=1S/C13H19ClN2OS/c1-3-9-16(13(17)5-4-8-15-2)10-11-6-7-12(14)18-11/h3,6-7,15H,1,4-5,8-10H2,2H3. The molecule has 0 radical (unpaired) electrons. The van der Waals surface area contributed by atoms with Crippen molar-refractivity contribution in [2.45, 2.75) is 19.4 Å². The zero-order valence-corrected chi connectivity index (χ0v) is 12.2. The highest BCUT2D eigenvalue weighted by Gasteiger charge is 2.13. The molecule has 1 aromatic heterocycles. The van der Waals surface area contributed by atoms with E-state index in [9.17, 15) is 4.79 Å². The van der Waals surface area contributed by atoms with Gasteiger partial charge in [0.25, 0.3) is 0 Å². The van der Waals surface area contributed by atoms with Crippen LogP contribution in [0, 0.1) is 0 Å². The summed E-state index contributed by atoms with van der Waals surface area (Å²) in [7, 11) is 1.89. The molecule has 1 rings (SSSR count). The Morgan fingerprint density at radius 1 is 1.61 bits per heavy atom. The number of nitrogens with zero attached hydrogens (tertiary/aromatic N) is 1. The first kappa shape index (κ1) is 15.2. The van der Waals surface area contributed by atoms with Crippen molar-refractivity contribution in [3.63, 3.8) is 0 Å². The number of halogens is 1. The Labute approximate surface area is 117 Å². The molecule has 0 saturated carbocycles. The Kier molecular flexibility index (Phi) is 7.01. The molecular weight excluding hydrogens is 268 g/mol. The molecule has 1 aromatic rings. The van der Waals surface area contributed by atoms with Crippen molar-refractivity contribution in [2.24, 2.45) is 0 Å². The summed E-state index contributed by atoms with van der Waals surface area (Å²) >= 11 is 7.40. The first-order valence-electron chi connectivity index (χ1n) is 5.95. The second kappa shape index (κ2) is 8.29. The summed E-state index contributed by atoms with van der Waals surface area (Å²) in [5.74, 6) is 0.162. The second-order valence-corrected chi connectivity index (χ2v) is 5.78. The third kappa shape index (κ3) is 5.21. The number of nitrogens with one attached hydrogen (secondary N) is 1. The Balaban J connectivity index is 2.52. The highest BCUT2D eigenvalue weighted by molar-refractivity contribution is 7.16. The Hall–Kier alpha value is -0.840. The van der Waals surface area contributed by atoms with E-state index in [4.69, 9.17) is 11.6 Å². The van der Waals surface area contributed by atoms with Gasteiger partial charge in [-0.15, -0.1) is 17.9 Å². The van der Waals surface area contributed by atoms with Crippen molar-refractivity contribution < 1.29 is 4.79 Å². The maximum absolute atomic E-state index is 12.0. The van der Waals surface area contributed by atoms with E-state index in [1.54, 1.807) is 6.08 Å². The normalized spacial score (nSPS) is 10.3. The van der Waals surface area contributed by atoms with Gasteiger partial charge in [-0.2, -0.15) is 0 Å².